The predicted octanol–water partition coefficient (Wildman–Crippen LogP) is 8.07. The van der Waals surface area contributed by atoms with Crippen LogP contribution in [-0.2, 0) is 20.7 Å². The molecule has 0 aliphatic rings. The number of alkyl halides is 3. The zero-order valence-corrected chi connectivity index (χ0v) is 26.4. The highest BCUT2D eigenvalue weighted by atomic mass is 35.5. The number of likely N-dealkylation sites (N-methyl/N-ethyl adjacent to an activating group) is 1. The first kappa shape index (κ1) is 37.1. The van der Waals surface area contributed by atoms with E-state index in [-0.39, 0.29) is 31.7 Å². The summed E-state index contributed by atoms with van der Waals surface area (Å²) in [5, 5.41) is 0.801. The lowest BCUT2D eigenvalue weighted by Gasteiger charge is -2.24. The Kier molecular flexibility index (Phi) is 16.1. The van der Waals surface area contributed by atoms with Gasteiger partial charge in [-0.15, -0.1) is 5.92 Å². The molecule has 0 N–H and O–H groups in total. The smallest absolute Gasteiger partial charge is 0.409 e. The zero-order valence-electron chi connectivity index (χ0n) is 25.6. The maximum atomic E-state index is 13.6. The molecular weight excluding hydrogens is 583 g/mol. The van der Waals surface area contributed by atoms with Crippen molar-refractivity contribution in [3.05, 3.63) is 81.9 Å². The third-order valence-electron chi connectivity index (χ3n) is 6.06. The van der Waals surface area contributed by atoms with E-state index in [1.54, 1.807) is 39.0 Å². The lowest BCUT2D eigenvalue weighted by Crippen LogP contribution is -2.32. The topological polar surface area (TPSA) is 65.1 Å². The second kappa shape index (κ2) is 18.6. The first-order chi connectivity index (χ1) is 20.3. The number of carbonyl (C=O) groups excluding carboxylic acids is 2. The predicted molar refractivity (Wildman–Crippen MR) is 164 cm³/mol. The fourth-order valence-corrected chi connectivity index (χ4v) is 3.84. The van der Waals surface area contributed by atoms with Gasteiger partial charge in [-0.2, -0.15) is 13.2 Å². The normalized spacial score (nSPS) is 12.2. The zero-order chi connectivity index (χ0) is 32.6. The first-order valence-electron chi connectivity index (χ1n) is 13.6. The number of nitrogens with zero attached hydrogens (tertiary/aromatic N) is 1. The molecule has 0 saturated carbocycles. The molecule has 0 fully saturated rings. The summed E-state index contributed by atoms with van der Waals surface area (Å²) in [5.74, 6) is 3.49. The molecule has 2 aromatic carbocycles. The van der Waals surface area contributed by atoms with Crippen LogP contribution in [0.1, 0.15) is 44.4 Å². The maximum Gasteiger partial charge on any atom is 0.409 e. The largest absolute Gasteiger partial charge is 0.496 e. The summed E-state index contributed by atoms with van der Waals surface area (Å²) >= 11 is 5.61. The molecule has 0 saturated heterocycles. The number of ether oxygens (including phenoxy) is 3. The molecule has 1 unspecified atom stereocenters. The van der Waals surface area contributed by atoms with Crippen LogP contribution < -0.4 is 4.74 Å². The molecular formula is C33H39ClF3NO5. The maximum absolute atomic E-state index is 13.6. The number of carbonyl (C=O) groups is 2. The Balaban J connectivity index is 0.000000990. The van der Waals surface area contributed by atoms with Crippen molar-refractivity contribution in [1.82, 2.24) is 4.90 Å². The van der Waals surface area contributed by atoms with E-state index in [1.165, 1.54) is 30.8 Å². The molecule has 234 valence electrons. The molecule has 1 amide bonds. The van der Waals surface area contributed by atoms with Gasteiger partial charge in [0.2, 0.25) is 0 Å². The van der Waals surface area contributed by atoms with Crippen LogP contribution >= 0.6 is 11.6 Å². The summed E-state index contributed by atoms with van der Waals surface area (Å²) < 4.78 is 56.1. The van der Waals surface area contributed by atoms with Crippen LogP contribution in [0.3, 0.4) is 0 Å². The highest BCUT2D eigenvalue weighted by Crippen LogP contribution is 2.37. The first-order valence-corrected chi connectivity index (χ1v) is 14.0. The van der Waals surface area contributed by atoms with Gasteiger partial charge < -0.3 is 19.1 Å². The Morgan fingerprint density at radius 1 is 1.09 bits per heavy atom. The van der Waals surface area contributed by atoms with Crippen molar-refractivity contribution in [1.29, 1.82) is 0 Å². The van der Waals surface area contributed by atoms with Crippen molar-refractivity contribution < 1.29 is 37.0 Å². The number of allylic oxidation sites excluding steroid dienone is 2. The fourth-order valence-electron chi connectivity index (χ4n) is 3.71. The molecule has 0 spiro atoms. The second-order valence-corrected chi connectivity index (χ2v) is 9.71. The molecule has 2 aromatic rings. The van der Waals surface area contributed by atoms with Gasteiger partial charge in [-0.3, -0.25) is 4.79 Å². The third kappa shape index (κ3) is 12.9. The van der Waals surface area contributed by atoms with Gasteiger partial charge in [0.15, 0.2) is 0 Å². The molecule has 0 aliphatic heterocycles. The summed E-state index contributed by atoms with van der Waals surface area (Å²) in [6.07, 6.45) is -2.66. The lowest BCUT2D eigenvalue weighted by atomic mass is 9.91. The summed E-state index contributed by atoms with van der Waals surface area (Å²) in [6, 6.07) is 12.6. The highest BCUT2D eigenvalue weighted by Gasteiger charge is 2.35. The number of hydrogen-bond acceptors (Lipinski definition) is 5. The minimum absolute atomic E-state index is 0.0560. The Bertz CT molecular complexity index is 1300. The molecule has 0 aliphatic carbocycles. The summed E-state index contributed by atoms with van der Waals surface area (Å²) in [7, 11) is 2.63. The van der Waals surface area contributed by atoms with Crippen molar-refractivity contribution in [2.45, 2.75) is 47.2 Å². The van der Waals surface area contributed by atoms with Crippen molar-refractivity contribution >= 4 is 29.2 Å². The van der Waals surface area contributed by atoms with Crippen molar-refractivity contribution in [2.75, 3.05) is 33.9 Å². The van der Waals surface area contributed by atoms with Gasteiger partial charge in [0.25, 0.3) is 0 Å². The van der Waals surface area contributed by atoms with Crippen LogP contribution in [0.2, 0.25) is 5.02 Å². The molecule has 43 heavy (non-hydrogen) atoms. The second-order valence-electron chi connectivity index (χ2n) is 9.27. The Morgan fingerprint density at radius 3 is 2.23 bits per heavy atom. The van der Waals surface area contributed by atoms with E-state index in [0.717, 1.165) is 18.0 Å². The molecule has 0 radical (unpaired) electrons. The number of hydrogen-bond donors (Lipinski definition) is 0. The van der Waals surface area contributed by atoms with Crippen LogP contribution in [0.4, 0.5) is 18.0 Å². The number of rotatable bonds is 10. The summed E-state index contributed by atoms with van der Waals surface area (Å²) in [4.78, 5) is 25.6. The van der Waals surface area contributed by atoms with Crippen LogP contribution in [0.25, 0.3) is 5.57 Å². The molecule has 1 atom stereocenters. The molecule has 2 rings (SSSR count). The van der Waals surface area contributed by atoms with Crippen molar-refractivity contribution in [2.24, 2.45) is 5.92 Å². The van der Waals surface area contributed by atoms with E-state index in [9.17, 15) is 22.8 Å². The molecule has 0 aromatic heterocycles. The van der Waals surface area contributed by atoms with E-state index >= 15 is 0 Å². The van der Waals surface area contributed by atoms with E-state index in [1.807, 2.05) is 31.2 Å². The van der Waals surface area contributed by atoms with Gasteiger partial charge in [0.05, 0.1) is 39.7 Å². The quantitative estimate of drug-likeness (QED) is 0.152. The average molecular weight is 622 g/mol. The van der Waals surface area contributed by atoms with Gasteiger partial charge in [-0.25, -0.2) is 4.79 Å². The van der Waals surface area contributed by atoms with E-state index < -0.39 is 24.2 Å². The fraction of sp³-hybridized carbons (Fsp3) is 0.394. The standard InChI is InChI=1S/C26H32F3NO5.C7H7Cl/c1-7-10-11-20(17-30(8-2)25(32)34-6)21(14-18(4)26(27,28)29)22-15-19(12-13-23(22)33-5)16-24(31)35-9-3;1-6-2-4-7(8)5-3-6/h11-15,18H,8-9,16-17H2,1-6H3;2-5H,1H3/b20-11-,21-14+;. The third-order valence-corrected chi connectivity index (χ3v) is 6.32. The van der Waals surface area contributed by atoms with Gasteiger partial charge in [-0.1, -0.05) is 54.3 Å². The van der Waals surface area contributed by atoms with Crippen LogP contribution in [0.5, 0.6) is 5.75 Å². The van der Waals surface area contributed by atoms with Crippen LogP contribution in [0, 0.1) is 24.7 Å². The minimum Gasteiger partial charge on any atom is -0.496 e. The lowest BCUT2D eigenvalue weighted by molar-refractivity contribution is -0.156. The number of benzene rings is 2. The molecule has 10 heteroatoms. The number of aryl methyl sites for hydroxylation is 1. The Morgan fingerprint density at radius 2 is 1.74 bits per heavy atom. The van der Waals surface area contributed by atoms with E-state index in [0.29, 0.717) is 22.4 Å². The molecule has 0 heterocycles. The average Bonchev–Trinajstić information content (AvgIpc) is 2.97. The van der Waals surface area contributed by atoms with Crippen LogP contribution in [0.15, 0.2) is 60.2 Å². The van der Waals surface area contributed by atoms with Crippen molar-refractivity contribution in [3.63, 3.8) is 0 Å². The van der Waals surface area contributed by atoms with E-state index in [4.69, 9.17) is 25.8 Å². The Labute approximate surface area is 257 Å². The summed E-state index contributed by atoms with van der Waals surface area (Å²) in [5.41, 5.74) is 2.65. The number of amides is 1. The number of halogens is 4. The number of esters is 1. The van der Waals surface area contributed by atoms with Crippen LogP contribution in [-0.4, -0.2) is 57.1 Å². The van der Waals surface area contributed by atoms with Gasteiger partial charge in [0, 0.05) is 17.1 Å². The monoisotopic (exact) mass is 621 g/mol. The molecule has 0 bridgehead atoms. The number of methoxy groups -OCH3 is 2. The van der Waals surface area contributed by atoms with E-state index in [2.05, 4.69) is 11.8 Å². The minimum atomic E-state index is -4.50. The highest BCUT2D eigenvalue weighted by molar-refractivity contribution is 6.30. The Hall–Kier alpha value is -3.90. The summed E-state index contributed by atoms with van der Waals surface area (Å²) in [6.45, 7) is 8.48. The van der Waals surface area contributed by atoms with Gasteiger partial charge in [-0.05, 0) is 74.7 Å². The van der Waals surface area contributed by atoms with Crippen molar-refractivity contribution in [3.8, 4) is 17.6 Å². The van der Waals surface area contributed by atoms with Gasteiger partial charge in [0.1, 0.15) is 5.75 Å². The van der Waals surface area contributed by atoms with Gasteiger partial charge >= 0.3 is 18.2 Å². The molecule has 6 nitrogen and oxygen atoms in total. The SMILES string of the molecule is CC#C/C=C(CN(CC)C(=O)OC)\C(=C/C(C)C(F)(F)F)c1cc(CC(=O)OCC)ccc1OC.Cc1ccc(Cl)cc1.